The van der Waals surface area contributed by atoms with Crippen LogP contribution in [-0.2, 0) is 32.6 Å². The van der Waals surface area contributed by atoms with Crippen LogP contribution in [0.2, 0.25) is 10.0 Å². The molecule has 7 nitrogen and oxygen atoms in total. The van der Waals surface area contributed by atoms with Gasteiger partial charge in [0.2, 0.25) is 11.8 Å². The Morgan fingerprint density at radius 1 is 0.844 bits per heavy atom. The molecule has 0 aromatic heterocycles. The number of nitrogens with zero attached hydrogens (tertiary/aromatic N) is 2. The maximum absolute atomic E-state index is 14.5. The summed E-state index contributed by atoms with van der Waals surface area (Å²) in [6, 6.07) is 28.1. The van der Waals surface area contributed by atoms with Crippen LogP contribution in [0.15, 0.2) is 112 Å². The summed E-state index contributed by atoms with van der Waals surface area (Å²) in [5.74, 6) is -0.732. The van der Waals surface area contributed by atoms with E-state index in [0.717, 1.165) is 19.9 Å². The molecule has 0 aliphatic heterocycles. The van der Waals surface area contributed by atoms with Gasteiger partial charge in [0, 0.05) is 29.0 Å². The van der Waals surface area contributed by atoms with Crippen LogP contribution in [-0.4, -0.2) is 44.3 Å². The minimum absolute atomic E-state index is 0.0150. The van der Waals surface area contributed by atoms with Crippen LogP contribution >= 0.6 is 39.1 Å². The fourth-order valence-electron chi connectivity index (χ4n) is 4.68. The van der Waals surface area contributed by atoms with Crippen molar-refractivity contribution >= 4 is 66.7 Å². The maximum Gasteiger partial charge on any atom is 0.264 e. The van der Waals surface area contributed by atoms with E-state index in [9.17, 15) is 18.0 Å². The number of hydrogen-bond acceptors (Lipinski definition) is 4. The molecule has 0 saturated heterocycles. The van der Waals surface area contributed by atoms with E-state index in [1.165, 1.54) is 35.2 Å². The van der Waals surface area contributed by atoms with Gasteiger partial charge in [-0.05, 0) is 59.5 Å². The summed E-state index contributed by atoms with van der Waals surface area (Å²) in [5, 5.41) is 3.35. The van der Waals surface area contributed by atoms with Gasteiger partial charge in [0.25, 0.3) is 10.0 Å². The number of benzene rings is 4. The molecule has 0 aliphatic rings. The van der Waals surface area contributed by atoms with Gasteiger partial charge in [-0.3, -0.25) is 13.9 Å². The number of sulfonamides is 1. The minimum atomic E-state index is -4.27. The molecule has 4 aromatic rings. The van der Waals surface area contributed by atoms with Crippen molar-refractivity contribution in [2.24, 2.45) is 5.92 Å². The molecule has 1 N–H and O–H groups in total. The van der Waals surface area contributed by atoms with Gasteiger partial charge in [-0.2, -0.15) is 0 Å². The molecule has 0 heterocycles. The standard InChI is InChI=1S/C34H34BrCl2N3O4S/c1-24(2)21-38-34(42)32(19-25-9-5-3-6-10-25)39(22-26-13-15-27(35)16-14-26)33(41)23-40(31-18-17-28(36)20-30(31)37)45(43,44)29-11-7-4-8-12-29/h3-18,20,24,32H,19,21-23H2,1-2H3,(H,38,42). The molecular formula is C34H34BrCl2N3O4S. The Balaban J connectivity index is 1.81. The van der Waals surface area contributed by atoms with Crippen LogP contribution in [0, 0.1) is 5.92 Å². The van der Waals surface area contributed by atoms with E-state index in [0.29, 0.717) is 11.6 Å². The van der Waals surface area contributed by atoms with Gasteiger partial charge < -0.3 is 10.2 Å². The van der Waals surface area contributed by atoms with Gasteiger partial charge >= 0.3 is 0 Å². The normalized spacial score (nSPS) is 12.0. The van der Waals surface area contributed by atoms with Crippen molar-refractivity contribution in [3.8, 4) is 0 Å². The molecule has 2 amide bonds. The fourth-order valence-corrected chi connectivity index (χ4v) is 6.96. The van der Waals surface area contributed by atoms with E-state index < -0.39 is 28.5 Å². The predicted octanol–water partition coefficient (Wildman–Crippen LogP) is 7.36. The zero-order valence-corrected chi connectivity index (χ0v) is 28.8. The number of rotatable bonds is 13. The summed E-state index contributed by atoms with van der Waals surface area (Å²) < 4.78 is 30.0. The first kappa shape index (κ1) is 34.5. The van der Waals surface area contributed by atoms with Gasteiger partial charge in [0.15, 0.2) is 0 Å². The maximum atomic E-state index is 14.5. The Hall–Kier alpha value is -3.37. The largest absolute Gasteiger partial charge is 0.354 e. The molecule has 0 aliphatic carbocycles. The second-order valence-corrected chi connectivity index (χ2v) is 14.5. The summed E-state index contributed by atoms with van der Waals surface area (Å²) in [6.45, 7) is 3.84. The summed E-state index contributed by atoms with van der Waals surface area (Å²) in [5.41, 5.74) is 1.71. The molecule has 1 atom stereocenters. The lowest BCUT2D eigenvalue weighted by molar-refractivity contribution is -0.140. The van der Waals surface area contributed by atoms with Crippen LogP contribution < -0.4 is 9.62 Å². The van der Waals surface area contributed by atoms with Crippen LogP contribution in [0.5, 0.6) is 0 Å². The molecule has 1 unspecified atom stereocenters. The number of carbonyl (C=O) groups is 2. The summed E-state index contributed by atoms with van der Waals surface area (Å²) in [4.78, 5) is 29.8. The lowest BCUT2D eigenvalue weighted by atomic mass is 10.0. The second kappa shape index (κ2) is 15.8. The summed E-state index contributed by atoms with van der Waals surface area (Å²) in [6.07, 6.45) is 0.222. The highest BCUT2D eigenvalue weighted by atomic mass is 79.9. The number of carbonyl (C=O) groups excluding carboxylic acids is 2. The van der Waals surface area contributed by atoms with E-state index in [1.54, 1.807) is 18.2 Å². The van der Waals surface area contributed by atoms with Gasteiger partial charge in [-0.25, -0.2) is 8.42 Å². The molecule has 0 bridgehead atoms. The Morgan fingerprint density at radius 2 is 1.47 bits per heavy atom. The van der Waals surface area contributed by atoms with Crippen LogP contribution in [0.3, 0.4) is 0 Å². The topological polar surface area (TPSA) is 86.8 Å². The number of nitrogens with one attached hydrogen (secondary N) is 1. The number of amides is 2. The molecule has 0 saturated carbocycles. The molecule has 0 radical (unpaired) electrons. The Morgan fingerprint density at radius 3 is 2.07 bits per heavy atom. The van der Waals surface area contributed by atoms with E-state index in [2.05, 4.69) is 21.2 Å². The van der Waals surface area contributed by atoms with Crippen LogP contribution in [0.4, 0.5) is 5.69 Å². The van der Waals surface area contributed by atoms with Gasteiger partial charge in [-0.1, -0.05) is 114 Å². The third-order valence-corrected chi connectivity index (χ3v) is 9.85. The quantitative estimate of drug-likeness (QED) is 0.156. The lowest BCUT2D eigenvalue weighted by Gasteiger charge is -2.34. The lowest BCUT2D eigenvalue weighted by Crippen LogP contribution is -2.53. The SMILES string of the molecule is CC(C)CNC(=O)C(Cc1ccccc1)N(Cc1ccc(Br)cc1)C(=O)CN(c1ccc(Cl)cc1Cl)S(=O)(=O)c1ccccc1. The molecule has 4 rings (SSSR count). The molecule has 11 heteroatoms. The van der Waals surface area contributed by atoms with Crippen LogP contribution in [0.25, 0.3) is 0 Å². The van der Waals surface area contributed by atoms with Gasteiger partial charge in [0.1, 0.15) is 12.6 Å². The zero-order chi connectivity index (χ0) is 32.6. The average molecular weight is 732 g/mol. The highest BCUT2D eigenvalue weighted by molar-refractivity contribution is 9.10. The van der Waals surface area contributed by atoms with Crippen molar-refractivity contribution in [1.29, 1.82) is 0 Å². The molecule has 236 valence electrons. The van der Waals surface area contributed by atoms with E-state index in [-0.39, 0.29) is 40.4 Å². The Labute approximate surface area is 283 Å². The monoisotopic (exact) mass is 729 g/mol. The van der Waals surface area contributed by atoms with Gasteiger partial charge in [-0.15, -0.1) is 0 Å². The third kappa shape index (κ3) is 9.33. The molecule has 45 heavy (non-hydrogen) atoms. The second-order valence-electron chi connectivity index (χ2n) is 10.9. The van der Waals surface area contributed by atoms with Crippen LogP contribution in [0.1, 0.15) is 25.0 Å². The minimum Gasteiger partial charge on any atom is -0.354 e. The first-order valence-electron chi connectivity index (χ1n) is 14.3. The molecular weight excluding hydrogens is 697 g/mol. The van der Waals surface area contributed by atoms with Crippen molar-refractivity contribution in [3.63, 3.8) is 0 Å². The van der Waals surface area contributed by atoms with E-state index in [4.69, 9.17) is 23.2 Å². The first-order chi connectivity index (χ1) is 21.5. The predicted molar refractivity (Wildman–Crippen MR) is 184 cm³/mol. The number of halogens is 3. The van der Waals surface area contributed by atoms with Crippen molar-refractivity contribution in [2.45, 2.75) is 37.8 Å². The fraction of sp³-hybridized carbons (Fsp3) is 0.235. The first-order valence-corrected chi connectivity index (χ1v) is 17.3. The smallest absolute Gasteiger partial charge is 0.264 e. The molecule has 0 spiro atoms. The number of hydrogen-bond donors (Lipinski definition) is 1. The summed E-state index contributed by atoms with van der Waals surface area (Å²) >= 11 is 16.1. The van der Waals surface area contributed by atoms with E-state index in [1.807, 2.05) is 68.4 Å². The highest BCUT2D eigenvalue weighted by Crippen LogP contribution is 2.33. The highest BCUT2D eigenvalue weighted by Gasteiger charge is 2.35. The molecule has 4 aromatic carbocycles. The van der Waals surface area contributed by atoms with Crippen molar-refractivity contribution < 1.29 is 18.0 Å². The zero-order valence-electron chi connectivity index (χ0n) is 24.9. The van der Waals surface area contributed by atoms with Crippen molar-refractivity contribution in [3.05, 3.63) is 129 Å². The van der Waals surface area contributed by atoms with Gasteiger partial charge in [0.05, 0.1) is 15.6 Å². The third-order valence-electron chi connectivity index (χ3n) is 7.01. The van der Waals surface area contributed by atoms with Crippen molar-refractivity contribution in [2.75, 3.05) is 17.4 Å². The Bertz CT molecular complexity index is 1710. The van der Waals surface area contributed by atoms with E-state index >= 15 is 0 Å². The summed E-state index contributed by atoms with van der Waals surface area (Å²) in [7, 11) is -4.27. The van der Waals surface area contributed by atoms with Crippen molar-refractivity contribution in [1.82, 2.24) is 10.2 Å². The average Bonchev–Trinajstić information content (AvgIpc) is 3.02. The number of anilines is 1. The Kier molecular flexibility index (Phi) is 12.1. The molecule has 0 fully saturated rings.